The van der Waals surface area contributed by atoms with E-state index in [1.165, 1.54) is 64.2 Å². The zero-order chi connectivity index (χ0) is 28.4. The molecule has 0 saturated carbocycles. The molecule has 3 aromatic rings. The number of hydrogen-bond donors (Lipinski definition) is 1. The van der Waals surface area contributed by atoms with Crippen molar-refractivity contribution in [2.45, 2.75) is 104 Å². The molecule has 1 amide bonds. The number of unbranched alkanes of at least 4 members (excludes halogenated alkanes) is 11. The van der Waals surface area contributed by atoms with Crippen LogP contribution in [0.15, 0.2) is 59.6 Å². The van der Waals surface area contributed by atoms with Crippen molar-refractivity contribution in [1.29, 1.82) is 0 Å². The van der Waals surface area contributed by atoms with Gasteiger partial charge in [-0.25, -0.2) is 0 Å². The molecule has 1 heterocycles. The Balaban J connectivity index is 0.00000588. The number of amides is 1. The van der Waals surface area contributed by atoms with Crippen LogP contribution in [0.25, 0.3) is 0 Å². The maximum atomic E-state index is 12.8. The molecule has 5 nitrogen and oxygen atoms in total. The van der Waals surface area contributed by atoms with Gasteiger partial charge in [-0.3, -0.25) is 9.59 Å². The molecule has 0 unspecified atom stereocenters. The Hall–Kier alpha value is -2.51. The van der Waals surface area contributed by atoms with Gasteiger partial charge in [0.25, 0.3) is 0 Å². The summed E-state index contributed by atoms with van der Waals surface area (Å²) < 4.78 is 8.09. The summed E-state index contributed by atoms with van der Waals surface area (Å²) in [5.74, 6) is 0.448. The molecule has 0 aliphatic rings. The summed E-state index contributed by atoms with van der Waals surface area (Å²) in [4.78, 5) is 25.1. The number of Topliss-reactive ketones (excluding diaryl/α,β-unsaturated/α-hetero) is 1. The highest BCUT2D eigenvalue weighted by Crippen LogP contribution is 2.22. The van der Waals surface area contributed by atoms with E-state index in [1.807, 2.05) is 41.9 Å². The third-order valence-electron chi connectivity index (χ3n) is 7.15. The van der Waals surface area contributed by atoms with E-state index in [9.17, 15) is 9.59 Å². The molecular formula is C34H47BrN2O3S. The Morgan fingerprint density at radius 3 is 2.17 bits per heavy atom. The van der Waals surface area contributed by atoms with E-state index < -0.39 is 0 Å². The normalized spacial score (nSPS) is 10.7. The quantitative estimate of drug-likeness (QED) is 0.0999. The van der Waals surface area contributed by atoms with Crippen molar-refractivity contribution in [2.75, 3.05) is 11.9 Å². The maximum Gasteiger partial charge on any atom is 0.228 e. The van der Waals surface area contributed by atoms with Gasteiger partial charge in [0.05, 0.1) is 24.0 Å². The Labute approximate surface area is 261 Å². The van der Waals surface area contributed by atoms with Gasteiger partial charge >= 0.3 is 0 Å². The molecule has 0 aliphatic carbocycles. The zero-order valence-corrected chi connectivity index (χ0v) is 27.2. The van der Waals surface area contributed by atoms with E-state index in [1.54, 1.807) is 24.3 Å². The third kappa shape index (κ3) is 13.8. The molecule has 0 atom stereocenters. The number of carbonyl (C=O) groups is 2. The van der Waals surface area contributed by atoms with Gasteiger partial charge in [0.2, 0.25) is 11.4 Å². The number of ketones is 1. The summed E-state index contributed by atoms with van der Waals surface area (Å²) in [5.41, 5.74) is 5.29. The van der Waals surface area contributed by atoms with Crippen molar-refractivity contribution in [1.82, 2.24) is 0 Å². The second-order valence-electron chi connectivity index (χ2n) is 10.7. The zero-order valence-electron chi connectivity index (χ0n) is 24.8. The van der Waals surface area contributed by atoms with Crippen molar-refractivity contribution >= 4 is 28.7 Å². The first kappa shape index (κ1) is 34.7. The highest BCUT2D eigenvalue weighted by molar-refractivity contribution is 7.07. The number of halogens is 1. The Bertz CT molecular complexity index is 1170. The van der Waals surface area contributed by atoms with Crippen molar-refractivity contribution in [3.8, 4) is 5.75 Å². The Morgan fingerprint density at radius 2 is 1.54 bits per heavy atom. The lowest BCUT2D eigenvalue weighted by molar-refractivity contribution is -0.683. The van der Waals surface area contributed by atoms with Crippen LogP contribution in [0.3, 0.4) is 0 Å². The molecule has 3 rings (SSSR count). The van der Waals surface area contributed by atoms with Gasteiger partial charge in [-0.1, -0.05) is 107 Å². The van der Waals surface area contributed by atoms with Crippen LogP contribution in [0, 0.1) is 0 Å². The number of anilines is 1. The molecule has 224 valence electrons. The van der Waals surface area contributed by atoms with E-state index in [0.717, 1.165) is 36.2 Å². The van der Waals surface area contributed by atoms with Crippen LogP contribution in [0.5, 0.6) is 5.75 Å². The SMILES string of the molecule is CCCCCCCCCCCCCCOc1ccc(CC(=O)Nc2cccc(C[n+]3ccsc3)c2)cc1C(C)=O.[Br-]. The minimum absolute atomic E-state index is 0. The minimum atomic E-state index is -0.111. The molecular weight excluding hydrogens is 596 g/mol. The predicted octanol–water partition coefficient (Wildman–Crippen LogP) is 5.55. The monoisotopic (exact) mass is 642 g/mol. The number of nitrogens with zero attached hydrogens (tertiary/aromatic N) is 1. The number of ether oxygens (including phenoxy) is 1. The second-order valence-corrected chi connectivity index (χ2v) is 11.5. The van der Waals surface area contributed by atoms with Gasteiger partial charge in [-0.15, -0.1) is 0 Å². The molecule has 1 aromatic heterocycles. The van der Waals surface area contributed by atoms with Crippen LogP contribution in [0.1, 0.15) is 112 Å². The summed E-state index contributed by atoms with van der Waals surface area (Å²) in [6.07, 6.45) is 17.8. The first-order valence-electron chi connectivity index (χ1n) is 15.1. The van der Waals surface area contributed by atoms with Crippen LogP contribution < -0.4 is 31.6 Å². The summed E-state index contributed by atoms with van der Waals surface area (Å²) >= 11 is 1.65. The standard InChI is InChI=1S/C34H46N2O3S.BrH/c1-3-4-5-6-7-8-9-10-11-12-13-14-21-39-33-19-18-29(24-32(33)28(2)37)25-34(38)35-31-17-15-16-30(23-31)26-36-20-22-40-27-36;/h15-20,22-24,27H,3-14,21,25-26H2,1-2H3;1H. The molecule has 0 radical (unpaired) electrons. The third-order valence-corrected chi connectivity index (χ3v) is 7.82. The predicted molar refractivity (Wildman–Crippen MR) is 165 cm³/mol. The van der Waals surface area contributed by atoms with Gasteiger partial charge in [0.15, 0.2) is 18.5 Å². The van der Waals surface area contributed by atoms with Crippen LogP contribution >= 0.6 is 11.3 Å². The van der Waals surface area contributed by atoms with Crippen molar-refractivity contribution in [3.05, 3.63) is 76.2 Å². The lowest BCUT2D eigenvalue weighted by Crippen LogP contribution is -3.00. The topological polar surface area (TPSA) is 59.3 Å². The van der Waals surface area contributed by atoms with Crippen molar-refractivity contribution in [2.24, 2.45) is 0 Å². The maximum absolute atomic E-state index is 12.8. The van der Waals surface area contributed by atoms with E-state index in [0.29, 0.717) is 17.9 Å². The van der Waals surface area contributed by atoms with E-state index in [-0.39, 0.29) is 35.1 Å². The number of rotatable bonds is 20. The summed E-state index contributed by atoms with van der Waals surface area (Å²) in [6.45, 7) is 5.18. The average Bonchev–Trinajstić information content (AvgIpc) is 3.45. The molecule has 2 aromatic carbocycles. The number of aromatic nitrogens is 1. The summed E-state index contributed by atoms with van der Waals surface area (Å²) in [6, 6.07) is 13.4. The van der Waals surface area contributed by atoms with Gasteiger partial charge in [0.1, 0.15) is 5.75 Å². The van der Waals surface area contributed by atoms with Gasteiger partial charge in [0, 0.05) is 11.3 Å². The van der Waals surface area contributed by atoms with Crippen LogP contribution in [-0.4, -0.2) is 18.3 Å². The smallest absolute Gasteiger partial charge is 0.228 e. The molecule has 0 fully saturated rings. The lowest BCUT2D eigenvalue weighted by atomic mass is 10.0. The van der Waals surface area contributed by atoms with Crippen molar-refractivity contribution < 1.29 is 35.9 Å². The summed E-state index contributed by atoms with van der Waals surface area (Å²) in [5, 5.41) is 5.03. The van der Waals surface area contributed by atoms with Crippen LogP contribution in [0.2, 0.25) is 0 Å². The van der Waals surface area contributed by atoms with Gasteiger partial charge in [-0.05, 0) is 43.2 Å². The number of carbonyl (C=O) groups excluding carboxylic acids is 2. The number of nitrogens with one attached hydrogen (secondary N) is 1. The molecule has 41 heavy (non-hydrogen) atoms. The largest absolute Gasteiger partial charge is 1.00 e. The van der Waals surface area contributed by atoms with Crippen LogP contribution in [0.4, 0.5) is 5.69 Å². The molecule has 1 N–H and O–H groups in total. The molecule has 0 saturated heterocycles. The fraction of sp³-hybridized carbons (Fsp3) is 0.500. The fourth-order valence-electron chi connectivity index (χ4n) is 4.91. The minimum Gasteiger partial charge on any atom is -1.00 e. The Morgan fingerprint density at radius 1 is 0.854 bits per heavy atom. The number of hydrogen-bond acceptors (Lipinski definition) is 4. The number of benzene rings is 2. The highest BCUT2D eigenvalue weighted by atomic mass is 79.9. The average molecular weight is 644 g/mol. The van der Waals surface area contributed by atoms with E-state index >= 15 is 0 Å². The van der Waals surface area contributed by atoms with Crippen LogP contribution in [-0.2, 0) is 17.8 Å². The molecule has 7 heteroatoms. The number of thiazole rings is 1. The first-order chi connectivity index (χ1) is 19.5. The molecule has 0 spiro atoms. The molecule has 0 bridgehead atoms. The fourth-order valence-corrected chi connectivity index (χ4v) is 5.51. The molecule has 0 aliphatic heterocycles. The van der Waals surface area contributed by atoms with E-state index in [4.69, 9.17) is 4.74 Å². The summed E-state index contributed by atoms with van der Waals surface area (Å²) in [7, 11) is 0. The van der Waals surface area contributed by atoms with Gasteiger partial charge in [-0.2, -0.15) is 4.57 Å². The lowest BCUT2D eigenvalue weighted by Gasteiger charge is -2.12. The van der Waals surface area contributed by atoms with E-state index in [2.05, 4.69) is 28.4 Å². The first-order valence-corrected chi connectivity index (χ1v) is 16.1. The second kappa shape index (κ2) is 20.4. The van der Waals surface area contributed by atoms with Crippen molar-refractivity contribution in [3.63, 3.8) is 0 Å². The Kier molecular flexibility index (Phi) is 17.2. The van der Waals surface area contributed by atoms with Gasteiger partial charge < -0.3 is 27.0 Å². The highest BCUT2D eigenvalue weighted by Gasteiger charge is 2.13.